The fourth-order valence-electron chi connectivity index (χ4n) is 5.00. The number of carboxylic acid groups (broad SMARTS) is 1. The van der Waals surface area contributed by atoms with Crippen LogP contribution in [0.1, 0.15) is 41.2 Å². The predicted molar refractivity (Wildman–Crippen MR) is 153 cm³/mol. The second kappa shape index (κ2) is 12.7. The van der Waals surface area contributed by atoms with Gasteiger partial charge in [0, 0.05) is 22.0 Å². The highest BCUT2D eigenvalue weighted by Crippen LogP contribution is 2.44. The summed E-state index contributed by atoms with van der Waals surface area (Å²) in [6.07, 6.45) is -0.0650. The van der Waals surface area contributed by atoms with Crippen molar-refractivity contribution < 1.29 is 29.0 Å². The van der Waals surface area contributed by atoms with Gasteiger partial charge in [-0.3, -0.25) is 0 Å². The highest BCUT2D eigenvalue weighted by atomic mass is 32.1. The van der Waals surface area contributed by atoms with Crippen LogP contribution < -0.4 is 10.6 Å². The van der Waals surface area contributed by atoms with Gasteiger partial charge in [0.2, 0.25) is 0 Å². The molecule has 3 aromatic carbocycles. The third kappa shape index (κ3) is 6.43. The Hall–Kier alpha value is -4.37. The molecule has 0 radical (unpaired) electrons. The zero-order valence-electron chi connectivity index (χ0n) is 21.8. The third-order valence-corrected chi connectivity index (χ3v) is 8.03. The molecule has 206 valence electrons. The predicted octanol–water partition coefficient (Wildman–Crippen LogP) is 6.29. The maximum absolute atomic E-state index is 12.5. The van der Waals surface area contributed by atoms with Crippen LogP contribution in [0.3, 0.4) is 0 Å². The number of aliphatic carboxylic acids is 1. The molecule has 8 nitrogen and oxygen atoms in total. The van der Waals surface area contributed by atoms with Crippen LogP contribution in [0.2, 0.25) is 0 Å². The van der Waals surface area contributed by atoms with Crippen molar-refractivity contribution >= 4 is 39.6 Å². The first-order valence-electron chi connectivity index (χ1n) is 13.2. The third-order valence-electron chi connectivity index (χ3n) is 6.94. The van der Waals surface area contributed by atoms with E-state index in [1.807, 2.05) is 66.7 Å². The van der Waals surface area contributed by atoms with Crippen molar-refractivity contribution in [1.82, 2.24) is 10.6 Å². The summed E-state index contributed by atoms with van der Waals surface area (Å²) in [7, 11) is 0. The van der Waals surface area contributed by atoms with E-state index < -0.39 is 24.2 Å². The number of amides is 2. The van der Waals surface area contributed by atoms with E-state index in [-0.39, 0.29) is 25.6 Å². The molecule has 1 aliphatic carbocycles. The molecule has 40 heavy (non-hydrogen) atoms. The zero-order chi connectivity index (χ0) is 27.9. The van der Waals surface area contributed by atoms with Crippen LogP contribution in [0.5, 0.6) is 0 Å². The molecule has 1 aromatic heterocycles. The number of carbonyl (C=O) groups excluding carboxylic acids is 2. The SMILES string of the molecule is O=C(NCCCC[C@H](NC(=O)OCC1c2ccccc2-c2ccccc21)C(=O)O)OCc1cc2ccccc2s1. The lowest BCUT2D eigenvalue weighted by Gasteiger charge is -2.17. The van der Waals surface area contributed by atoms with Crippen molar-refractivity contribution in [3.05, 3.63) is 94.9 Å². The Morgan fingerprint density at radius 3 is 2.23 bits per heavy atom. The fourth-order valence-corrected chi connectivity index (χ4v) is 5.98. The molecule has 9 heteroatoms. The molecule has 0 aliphatic heterocycles. The molecule has 2 amide bonds. The van der Waals surface area contributed by atoms with Crippen molar-refractivity contribution in [2.45, 2.75) is 37.8 Å². The number of carbonyl (C=O) groups is 3. The van der Waals surface area contributed by atoms with Crippen LogP contribution in [0.4, 0.5) is 9.59 Å². The van der Waals surface area contributed by atoms with Gasteiger partial charge >= 0.3 is 18.2 Å². The summed E-state index contributed by atoms with van der Waals surface area (Å²) in [4.78, 5) is 37.2. The van der Waals surface area contributed by atoms with Gasteiger partial charge in [-0.25, -0.2) is 14.4 Å². The van der Waals surface area contributed by atoms with E-state index in [1.54, 1.807) is 11.3 Å². The van der Waals surface area contributed by atoms with E-state index in [9.17, 15) is 19.5 Å². The van der Waals surface area contributed by atoms with Crippen LogP contribution in [0, 0.1) is 0 Å². The molecule has 0 unspecified atom stereocenters. The molecule has 0 spiro atoms. The van der Waals surface area contributed by atoms with Gasteiger partial charge in [0.25, 0.3) is 0 Å². The zero-order valence-corrected chi connectivity index (χ0v) is 22.6. The molecule has 5 rings (SSSR count). The molecule has 1 aliphatic rings. The lowest BCUT2D eigenvalue weighted by Crippen LogP contribution is -2.41. The van der Waals surface area contributed by atoms with Gasteiger partial charge in [0.1, 0.15) is 19.3 Å². The molecular formula is C31H30N2O6S. The summed E-state index contributed by atoms with van der Waals surface area (Å²) in [6, 6.07) is 24.9. The van der Waals surface area contributed by atoms with E-state index in [0.29, 0.717) is 19.4 Å². The van der Waals surface area contributed by atoms with Crippen LogP contribution in [-0.2, 0) is 20.9 Å². The maximum Gasteiger partial charge on any atom is 0.407 e. The number of hydrogen-bond acceptors (Lipinski definition) is 6. The van der Waals surface area contributed by atoms with E-state index in [4.69, 9.17) is 9.47 Å². The van der Waals surface area contributed by atoms with E-state index in [2.05, 4.69) is 22.8 Å². The van der Waals surface area contributed by atoms with Gasteiger partial charge < -0.3 is 25.2 Å². The molecule has 4 aromatic rings. The Morgan fingerprint density at radius 2 is 1.52 bits per heavy atom. The summed E-state index contributed by atoms with van der Waals surface area (Å²) in [5, 5.41) is 15.8. The molecule has 1 heterocycles. The normalized spacial score (nSPS) is 12.8. The van der Waals surface area contributed by atoms with Crippen LogP contribution in [-0.4, -0.2) is 42.5 Å². The summed E-state index contributed by atoms with van der Waals surface area (Å²) in [6.45, 7) is 0.637. The number of rotatable bonds is 11. The summed E-state index contributed by atoms with van der Waals surface area (Å²) in [5.74, 6) is -1.24. The topological polar surface area (TPSA) is 114 Å². The molecule has 0 fully saturated rings. The molecular weight excluding hydrogens is 528 g/mol. The number of carboxylic acids is 1. The van der Waals surface area contributed by atoms with E-state index in [0.717, 1.165) is 37.2 Å². The number of benzene rings is 3. The Kier molecular flexibility index (Phi) is 8.61. The number of nitrogens with one attached hydrogen (secondary N) is 2. The average molecular weight is 559 g/mol. The van der Waals surface area contributed by atoms with Gasteiger partial charge in [0.05, 0.1) is 0 Å². The van der Waals surface area contributed by atoms with Gasteiger partial charge in [-0.05, 0) is 59.0 Å². The summed E-state index contributed by atoms with van der Waals surface area (Å²) >= 11 is 1.58. The quantitative estimate of drug-likeness (QED) is 0.187. The molecule has 3 N–H and O–H groups in total. The summed E-state index contributed by atoms with van der Waals surface area (Å²) in [5.41, 5.74) is 4.41. The minimum atomic E-state index is -1.13. The van der Waals surface area contributed by atoms with Crippen LogP contribution >= 0.6 is 11.3 Å². The van der Waals surface area contributed by atoms with Crippen molar-refractivity contribution in [3.8, 4) is 11.1 Å². The van der Waals surface area contributed by atoms with E-state index in [1.165, 1.54) is 0 Å². The molecule has 0 saturated carbocycles. The lowest BCUT2D eigenvalue weighted by atomic mass is 9.98. The molecule has 0 saturated heterocycles. The highest BCUT2D eigenvalue weighted by molar-refractivity contribution is 7.19. The minimum absolute atomic E-state index is 0.105. The smallest absolute Gasteiger partial charge is 0.407 e. The Bertz CT molecular complexity index is 1440. The molecule has 1 atom stereocenters. The monoisotopic (exact) mass is 558 g/mol. The Balaban J connectivity index is 1.02. The Labute approximate surface area is 235 Å². The van der Waals surface area contributed by atoms with Crippen molar-refractivity contribution in [2.24, 2.45) is 0 Å². The lowest BCUT2D eigenvalue weighted by molar-refractivity contribution is -0.139. The number of thiophene rings is 1. The maximum atomic E-state index is 12.5. The standard InChI is InChI=1S/C31H30N2O6S/c34-29(35)27(14-7-8-16-32-30(36)38-18-21-17-20-9-1-6-15-28(20)40-21)33-31(37)39-19-26-24-12-4-2-10-22(24)23-11-3-5-13-25(23)26/h1-6,9-13,15,17,26-27H,7-8,14,16,18-19H2,(H,32,36)(H,33,37)(H,34,35)/t27-/m0/s1. The van der Waals surface area contributed by atoms with Gasteiger partial charge in [-0.1, -0.05) is 66.7 Å². The van der Waals surface area contributed by atoms with Crippen molar-refractivity contribution in [1.29, 1.82) is 0 Å². The first-order valence-corrected chi connectivity index (χ1v) is 14.0. The van der Waals surface area contributed by atoms with Gasteiger partial charge in [-0.15, -0.1) is 11.3 Å². The first kappa shape index (κ1) is 27.2. The van der Waals surface area contributed by atoms with Crippen LogP contribution in [0.25, 0.3) is 21.2 Å². The first-order chi connectivity index (χ1) is 19.5. The van der Waals surface area contributed by atoms with E-state index >= 15 is 0 Å². The number of hydrogen-bond donors (Lipinski definition) is 3. The molecule has 0 bridgehead atoms. The number of alkyl carbamates (subject to hydrolysis) is 2. The van der Waals surface area contributed by atoms with Crippen molar-refractivity contribution in [2.75, 3.05) is 13.2 Å². The second-order valence-corrected chi connectivity index (χ2v) is 10.8. The second-order valence-electron chi connectivity index (χ2n) is 9.61. The fraction of sp³-hybridized carbons (Fsp3) is 0.258. The average Bonchev–Trinajstić information content (AvgIpc) is 3.53. The van der Waals surface area contributed by atoms with Gasteiger partial charge in [0.15, 0.2) is 0 Å². The minimum Gasteiger partial charge on any atom is -0.480 e. The number of ether oxygens (including phenoxy) is 2. The van der Waals surface area contributed by atoms with Gasteiger partial charge in [-0.2, -0.15) is 0 Å². The van der Waals surface area contributed by atoms with Crippen molar-refractivity contribution in [3.63, 3.8) is 0 Å². The summed E-state index contributed by atoms with van der Waals surface area (Å²) < 4.78 is 11.9. The largest absolute Gasteiger partial charge is 0.480 e. The Morgan fingerprint density at radius 1 is 0.850 bits per heavy atom. The van der Waals surface area contributed by atoms with Crippen LogP contribution in [0.15, 0.2) is 78.9 Å². The number of unbranched alkanes of at least 4 members (excludes halogenated alkanes) is 1. The highest BCUT2D eigenvalue weighted by Gasteiger charge is 2.29. The number of fused-ring (bicyclic) bond motifs is 4.